The van der Waals surface area contributed by atoms with Crippen LogP contribution in [0.3, 0.4) is 0 Å². The molecule has 1 aliphatic heterocycles. The van der Waals surface area contributed by atoms with E-state index in [0.29, 0.717) is 5.69 Å². The van der Waals surface area contributed by atoms with E-state index in [2.05, 4.69) is 5.43 Å². The molecule has 0 spiro atoms. The Bertz CT molecular complexity index is 958. The zero-order valence-electron chi connectivity index (χ0n) is 15.3. The lowest BCUT2D eigenvalue weighted by atomic mass is 10.2. The molecule has 0 bridgehead atoms. The van der Waals surface area contributed by atoms with Crippen molar-refractivity contribution in [3.8, 4) is 0 Å². The van der Waals surface area contributed by atoms with Gasteiger partial charge in [-0.3, -0.25) is 24.6 Å². The average molecular weight is 400 g/mol. The monoisotopic (exact) mass is 399 g/mol. The number of rotatable bonds is 3. The molecule has 1 aliphatic rings. The zero-order chi connectivity index (χ0) is 20.4. The number of halogens is 1. The van der Waals surface area contributed by atoms with E-state index in [9.17, 15) is 19.2 Å². The van der Waals surface area contributed by atoms with Gasteiger partial charge in [0.1, 0.15) is 6.04 Å². The van der Waals surface area contributed by atoms with Crippen molar-refractivity contribution in [1.29, 1.82) is 0 Å². The molecule has 1 N–H and O–H groups in total. The van der Waals surface area contributed by atoms with Crippen LogP contribution in [0.25, 0.3) is 0 Å². The highest BCUT2D eigenvalue weighted by atomic mass is 35.5. The van der Waals surface area contributed by atoms with E-state index in [1.807, 2.05) is 6.92 Å². The fourth-order valence-electron chi connectivity index (χ4n) is 2.97. The third-order valence-corrected chi connectivity index (χ3v) is 4.74. The fraction of sp³-hybridized carbons (Fsp3) is 0.200. The van der Waals surface area contributed by atoms with E-state index in [4.69, 9.17) is 11.6 Å². The summed E-state index contributed by atoms with van der Waals surface area (Å²) in [6.07, 6.45) is -0.227. The molecule has 1 saturated heterocycles. The number of hydrogen-bond donors (Lipinski definition) is 1. The second kappa shape index (κ2) is 7.82. The normalized spacial score (nSPS) is 16.2. The van der Waals surface area contributed by atoms with Crippen molar-refractivity contribution in [3.63, 3.8) is 0 Å². The van der Waals surface area contributed by atoms with Crippen molar-refractivity contribution in [3.05, 3.63) is 64.7 Å². The predicted octanol–water partition coefficient (Wildman–Crippen LogP) is 2.47. The molecule has 28 heavy (non-hydrogen) atoms. The third kappa shape index (κ3) is 3.75. The van der Waals surface area contributed by atoms with Crippen LogP contribution in [0.5, 0.6) is 0 Å². The molecule has 1 heterocycles. The van der Waals surface area contributed by atoms with Gasteiger partial charge in [-0.1, -0.05) is 41.4 Å². The van der Waals surface area contributed by atoms with Crippen LogP contribution in [0.1, 0.15) is 29.3 Å². The Morgan fingerprint density at radius 2 is 1.75 bits per heavy atom. The molecule has 144 valence electrons. The van der Waals surface area contributed by atoms with Gasteiger partial charge in [0.15, 0.2) is 0 Å². The van der Waals surface area contributed by atoms with Gasteiger partial charge in [-0.05, 0) is 31.2 Å². The number of hydrogen-bond acceptors (Lipinski definition) is 4. The summed E-state index contributed by atoms with van der Waals surface area (Å²) in [6.45, 7) is 3.10. The molecule has 0 unspecified atom stereocenters. The molecule has 2 aromatic carbocycles. The first-order valence-electron chi connectivity index (χ1n) is 8.58. The molecule has 7 nitrogen and oxygen atoms in total. The Kier molecular flexibility index (Phi) is 5.46. The SMILES string of the molecule is CC(=O)N(NC(=O)c1ccccc1Cl)[C@@H]1CC(=O)N(c2ccc(C)cc2)C1=O. The Labute approximate surface area is 166 Å². The predicted molar refractivity (Wildman–Crippen MR) is 104 cm³/mol. The molecule has 4 amide bonds. The van der Waals surface area contributed by atoms with Crippen molar-refractivity contribution < 1.29 is 19.2 Å². The van der Waals surface area contributed by atoms with Crippen molar-refractivity contribution in [2.24, 2.45) is 0 Å². The van der Waals surface area contributed by atoms with E-state index in [-0.39, 0.29) is 17.0 Å². The molecule has 3 rings (SSSR count). The lowest BCUT2D eigenvalue weighted by molar-refractivity contribution is -0.139. The van der Waals surface area contributed by atoms with Crippen LogP contribution in [-0.4, -0.2) is 34.7 Å². The number of nitrogens with zero attached hydrogens (tertiary/aromatic N) is 2. The standard InChI is InChI=1S/C20H18ClN3O4/c1-12-7-9-14(10-8-12)23-18(26)11-17(20(23)28)24(13(2)25)22-19(27)15-5-3-4-6-16(15)21/h3-10,17H,11H2,1-2H3,(H,22,27)/t17-/m1/s1. The van der Waals surface area contributed by atoms with Gasteiger partial charge in [0.2, 0.25) is 11.8 Å². The van der Waals surface area contributed by atoms with Gasteiger partial charge in [0.05, 0.1) is 22.7 Å². The average Bonchev–Trinajstić information content (AvgIpc) is 2.94. The topological polar surface area (TPSA) is 86.8 Å². The molecule has 0 aliphatic carbocycles. The summed E-state index contributed by atoms with van der Waals surface area (Å²) in [6, 6.07) is 12.1. The third-order valence-electron chi connectivity index (χ3n) is 4.41. The highest BCUT2D eigenvalue weighted by molar-refractivity contribution is 6.33. The molecular formula is C20H18ClN3O4. The minimum absolute atomic E-state index is 0.155. The number of aryl methyl sites for hydroxylation is 1. The lowest BCUT2D eigenvalue weighted by Crippen LogP contribution is -2.54. The molecule has 1 fully saturated rings. The largest absolute Gasteiger partial charge is 0.274 e. The minimum Gasteiger partial charge on any atom is -0.274 e. The molecule has 8 heteroatoms. The van der Waals surface area contributed by atoms with Crippen LogP contribution in [-0.2, 0) is 14.4 Å². The maximum atomic E-state index is 12.9. The maximum Gasteiger partial charge on any atom is 0.271 e. The van der Waals surface area contributed by atoms with Gasteiger partial charge >= 0.3 is 0 Å². The number of amides is 4. The zero-order valence-corrected chi connectivity index (χ0v) is 16.1. The highest BCUT2D eigenvalue weighted by Gasteiger charge is 2.44. The van der Waals surface area contributed by atoms with Gasteiger partial charge in [-0.25, -0.2) is 9.91 Å². The lowest BCUT2D eigenvalue weighted by Gasteiger charge is -2.26. The fourth-order valence-corrected chi connectivity index (χ4v) is 3.20. The summed E-state index contributed by atoms with van der Waals surface area (Å²) in [5, 5.41) is 1.10. The van der Waals surface area contributed by atoms with Crippen molar-refractivity contribution in [2.45, 2.75) is 26.3 Å². The van der Waals surface area contributed by atoms with Gasteiger partial charge in [0.25, 0.3) is 11.8 Å². The van der Waals surface area contributed by atoms with Gasteiger partial charge in [0, 0.05) is 6.92 Å². The smallest absolute Gasteiger partial charge is 0.271 e. The van der Waals surface area contributed by atoms with E-state index in [0.717, 1.165) is 15.5 Å². The summed E-state index contributed by atoms with van der Waals surface area (Å²) >= 11 is 6.02. The first-order chi connectivity index (χ1) is 13.3. The van der Waals surface area contributed by atoms with Gasteiger partial charge in [-0.2, -0.15) is 0 Å². The summed E-state index contributed by atoms with van der Waals surface area (Å²) in [7, 11) is 0. The molecule has 2 aromatic rings. The quantitative estimate of drug-likeness (QED) is 0.634. The van der Waals surface area contributed by atoms with Crippen LogP contribution in [0.2, 0.25) is 5.02 Å². The number of nitrogens with one attached hydrogen (secondary N) is 1. The van der Waals surface area contributed by atoms with E-state index in [1.54, 1.807) is 36.4 Å². The molecular weight excluding hydrogens is 382 g/mol. The Morgan fingerprint density at radius 1 is 1.11 bits per heavy atom. The van der Waals surface area contributed by atoms with Crippen LogP contribution >= 0.6 is 11.6 Å². The number of carbonyl (C=O) groups is 4. The Hall–Kier alpha value is -3.19. The molecule has 1 atom stereocenters. The summed E-state index contributed by atoms with van der Waals surface area (Å²) < 4.78 is 0. The van der Waals surface area contributed by atoms with Crippen molar-refractivity contribution >= 4 is 40.9 Å². The van der Waals surface area contributed by atoms with Gasteiger partial charge < -0.3 is 0 Å². The van der Waals surface area contributed by atoms with Crippen molar-refractivity contribution in [1.82, 2.24) is 10.4 Å². The molecule has 0 aromatic heterocycles. The number of benzene rings is 2. The second-order valence-corrected chi connectivity index (χ2v) is 6.84. The number of carbonyl (C=O) groups excluding carboxylic acids is 4. The van der Waals surface area contributed by atoms with Crippen LogP contribution in [0.15, 0.2) is 48.5 Å². The van der Waals surface area contributed by atoms with Crippen LogP contribution in [0, 0.1) is 6.92 Å². The second-order valence-electron chi connectivity index (χ2n) is 6.43. The maximum absolute atomic E-state index is 12.9. The molecule has 0 radical (unpaired) electrons. The highest BCUT2D eigenvalue weighted by Crippen LogP contribution is 2.26. The van der Waals surface area contributed by atoms with E-state index in [1.165, 1.54) is 19.1 Å². The summed E-state index contributed by atoms with van der Waals surface area (Å²) in [4.78, 5) is 51.0. The van der Waals surface area contributed by atoms with E-state index >= 15 is 0 Å². The number of imide groups is 1. The minimum atomic E-state index is -1.13. The van der Waals surface area contributed by atoms with Crippen LogP contribution in [0.4, 0.5) is 5.69 Å². The number of anilines is 1. The first kappa shape index (κ1) is 19.6. The Morgan fingerprint density at radius 3 is 2.36 bits per heavy atom. The van der Waals surface area contributed by atoms with Gasteiger partial charge in [-0.15, -0.1) is 0 Å². The van der Waals surface area contributed by atoms with Crippen molar-refractivity contribution in [2.75, 3.05) is 4.90 Å². The van der Waals surface area contributed by atoms with E-state index < -0.39 is 29.7 Å². The number of hydrazine groups is 1. The van der Waals surface area contributed by atoms with Crippen LogP contribution < -0.4 is 10.3 Å². The molecule has 0 saturated carbocycles. The Balaban J connectivity index is 1.85. The summed E-state index contributed by atoms with van der Waals surface area (Å²) in [5.74, 6) is -2.24. The first-order valence-corrected chi connectivity index (χ1v) is 8.96. The summed E-state index contributed by atoms with van der Waals surface area (Å²) in [5.41, 5.74) is 3.97.